The number of piperidine rings is 1. The van der Waals surface area contributed by atoms with E-state index in [0.29, 0.717) is 33.8 Å². The molecule has 3 heterocycles. The topological polar surface area (TPSA) is 69.3 Å². The number of amides is 1. The van der Waals surface area contributed by atoms with E-state index in [-0.39, 0.29) is 17.0 Å². The number of carbonyl (C=O) groups is 1. The number of pyridine rings is 1. The molecule has 1 aromatic heterocycles. The van der Waals surface area contributed by atoms with Crippen molar-refractivity contribution < 1.29 is 4.79 Å². The van der Waals surface area contributed by atoms with Gasteiger partial charge >= 0.3 is 0 Å². The molecule has 2 aliphatic heterocycles. The van der Waals surface area contributed by atoms with E-state index in [2.05, 4.69) is 42.2 Å². The number of hydrogen-bond acceptors (Lipinski definition) is 6. The summed E-state index contributed by atoms with van der Waals surface area (Å²) in [5.74, 6) is 1.31. The summed E-state index contributed by atoms with van der Waals surface area (Å²) in [6, 6.07) is 12.7. The zero-order chi connectivity index (χ0) is 28.6. The number of thioether (sulfide) groups is 1. The summed E-state index contributed by atoms with van der Waals surface area (Å²) >= 11 is 6.92. The quantitative estimate of drug-likeness (QED) is 0.169. The molecule has 2 saturated heterocycles. The minimum absolute atomic E-state index is 0.0785. The Labute approximate surface area is 248 Å². The second-order valence-electron chi connectivity index (χ2n) is 10.8. The van der Waals surface area contributed by atoms with Crippen LogP contribution in [0, 0.1) is 24.2 Å². The van der Waals surface area contributed by atoms with E-state index < -0.39 is 0 Å². The lowest BCUT2D eigenvalue weighted by atomic mass is 9.90. The molecule has 212 valence electrons. The highest BCUT2D eigenvalue weighted by Crippen LogP contribution is 2.37. The standard InChI is InChI=1S/C32H40N4O2S2/c1-4-6-7-8-12-17-36-31(38)28(40-32(36)39)21-26-23(3)27(22-33)30(37)35(5-2)29(26)34-18-15-25(16-19-34)20-24-13-10-9-11-14-24/h9-11,13-14,21,25H,4-8,12,15-20H2,1-3H3/b28-21-. The lowest BCUT2D eigenvalue weighted by molar-refractivity contribution is -0.122. The molecule has 1 amide bonds. The van der Waals surface area contributed by atoms with Gasteiger partial charge in [-0.3, -0.25) is 19.1 Å². The van der Waals surface area contributed by atoms with Crippen LogP contribution in [-0.4, -0.2) is 39.3 Å². The second kappa shape index (κ2) is 14.1. The Bertz CT molecular complexity index is 1350. The fourth-order valence-electron chi connectivity index (χ4n) is 5.77. The Hall–Kier alpha value is -2.89. The number of nitriles is 1. The Morgan fingerprint density at radius 3 is 2.42 bits per heavy atom. The van der Waals surface area contributed by atoms with Crippen LogP contribution in [-0.2, 0) is 17.8 Å². The molecule has 0 aliphatic carbocycles. The SMILES string of the molecule is CCCCCCCN1C(=O)/C(=C/c2c(C)c(C#N)c(=O)n(CC)c2N2CCC(Cc3ccccc3)CC2)SC1=S. The van der Waals surface area contributed by atoms with E-state index in [1.54, 1.807) is 9.47 Å². The van der Waals surface area contributed by atoms with Crippen LogP contribution in [0.4, 0.5) is 5.82 Å². The van der Waals surface area contributed by atoms with Crippen LogP contribution in [0.25, 0.3) is 6.08 Å². The highest BCUT2D eigenvalue weighted by molar-refractivity contribution is 8.26. The van der Waals surface area contributed by atoms with Gasteiger partial charge < -0.3 is 4.90 Å². The Morgan fingerprint density at radius 1 is 1.07 bits per heavy atom. The van der Waals surface area contributed by atoms with Crippen LogP contribution in [0.15, 0.2) is 40.0 Å². The number of hydrogen-bond donors (Lipinski definition) is 0. The Morgan fingerprint density at radius 2 is 1.77 bits per heavy atom. The summed E-state index contributed by atoms with van der Waals surface area (Å²) in [5.41, 5.74) is 2.64. The van der Waals surface area contributed by atoms with Gasteiger partial charge in [-0.15, -0.1) is 0 Å². The maximum Gasteiger partial charge on any atom is 0.270 e. The number of rotatable bonds is 11. The highest BCUT2D eigenvalue weighted by atomic mass is 32.2. The third-order valence-electron chi connectivity index (χ3n) is 8.08. The molecular weight excluding hydrogens is 537 g/mol. The van der Waals surface area contributed by atoms with Gasteiger partial charge in [-0.25, -0.2) is 0 Å². The minimum Gasteiger partial charge on any atom is -0.357 e. The first-order valence-electron chi connectivity index (χ1n) is 14.6. The summed E-state index contributed by atoms with van der Waals surface area (Å²) in [6.45, 7) is 8.67. The normalized spacial score (nSPS) is 17.2. The van der Waals surface area contributed by atoms with Crippen molar-refractivity contribution in [3.05, 3.63) is 67.8 Å². The van der Waals surface area contributed by atoms with Gasteiger partial charge in [0, 0.05) is 31.7 Å². The molecule has 8 heteroatoms. The van der Waals surface area contributed by atoms with Gasteiger partial charge in [0.25, 0.3) is 11.5 Å². The van der Waals surface area contributed by atoms with E-state index in [4.69, 9.17) is 12.2 Å². The summed E-state index contributed by atoms with van der Waals surface area (Å²) in [5, 5.41) is 9.88. The number of carbonyl (C=O) groups excluding carboxylic acids is 1. The molecule has 0 spiro atoms. The van der Waals surface area contributed by atoms with E-state index in [1.807, 2.05) is 26.0 Å². The molecule has 0 unspecified atom stereocenters. The van der Waals surface area contributed by atoms with E-state index in [0.717, 1.165) is 56.6 Å². The van der Waals surface area contributed by atoms with Gasteiger partial charge in [-0.2, -0.15) is 5.26 Å². The first kappa shape index (κ1) is 30.1. The van der Waals surface area contributed by atoms with Crippen LogP contribution >= 0.6 is 24.0 Å². The maximum absolute atomic E-state index is 13.4. The zero-order valence-electron chi connectivity index (χ0n) is 23.9. The third-order valence-corrected chi connectivity index (χ3v) is 9.46. The fraction of sp³-hybridized carbons (Fsp3) is 0.500. The van der Waals surface area contributed by atoms with Gasteiger partial charge in [-0.05, 0) is 62.7 Å². The molecule has 2 aromatic rings. The van der Waals surface area contributed by atoms with Crippen molar-refractivity contribution in [2.75, 3.05) is 24.5 Å². The minimum atomic E-state index is -0.263. The van der Waals surface area contributed by atoms with E-state index in [1.165, 1.54) is 36.6 Å². The summed E-state index contributed by atoms with van der Waals surface area (Å²) in [6.07, 6.45) is 10.5. The molecule has 2 aliphatic rings. The first-order valence-corrected chi connectivity index (χ1v) is 15.8. The molecule has 0 N–H and O–H groups in total. The Kier molecular flexibility index (Phi) is 10.6. The largest absolute Gasteiger partial charge is 0.357 e. The number of anilines is 1. The number of thiocarbonyl (C=S) groups is 1. The van der Waals surface area contributed by atoms with Gasteiger partial charge in [0.1, 0.15) is 21.8 Å². The number of benzene rings is 1. The van der Waals surface area contributed by atoms with E-state index in [9.17, 15) is 14.9 Å². The predicted octanol–water partition coefficient (Wildman–Crippen LogP) is 6.68. The first-order chi connectivity index (χ1) is 19.4. The fourth-order valence-corrected chi connectivity index (χ4v) is 7.06. The molecule has 4 rings (SSSR count). The zero-order valence-corrected chi connectivity index (χ0v) is 25.6. The molecule has 0 radical (unpaired) electrons. The third kappa shape index (κ3) is 6.70. The molecule has 0 atom stereocenters. The Balaban J connectivity index is 1.62. The van der Waals surface area contributed by atoms with Crippen LogP contribution in [0.2, 0.25) is 0 Å². The predicted molar refractivity (Wildman–Crippen MR) is 170 cm³/mol. The average molecular weight is 577 g/mol. The van der Waals surface area contributed by atoms with E-state index >= 15 is 0 Å². The molecule has 2 fully saturated rings. The monoisotopic (exact) mass is 576 g/mol. The molecule has 1 aromatic carbocycles. The van der Waals surface area contributed by atoms with Crippen molar-refractivity contribution in [2.45, 2.75) is 78.7 Å². The van der Waals surface area contributed by atoms with Gasteiger partial charge in [0.15, 0.2) is 0 Å². The summed E-state index contributed by atoms with van der Waals surface area (Å²) in [7, 11) is 0. The lowest BCUT2D eigenvalue weighted by Crippen LogP contribution is -2.39. The van der Waals surface area contributed by atoms with Crippen LogP contribution in [0.5, 0.6) is 0 Å². The van der Waals surface area contributed by atoms with Crippen LogP contribution < -0.4 is 10.5 Å². The van der Waals surface area contributed by atoms with Crippen molar-refractivity contribution in [1.82, 2.24) is 9.47 Å². The lowest BCUT2D eigenvalue weighted by Gasteiger charge is -2.36. The summed E-state index contributed by atoms with van der Waals surface area (Å²) < 4.78 is 2.29. The van der Waals surface area contributed by atoms with Crippen LogP contribution in [0.1, 0.15) is 81.0 Å². The van der Waals surface area contributed by atoms with Crippen molar-refractivity contribution in [2.24, 2.45) is 5.92 Å². The highest BCUT2D eigenvalue weighted by Gasteiger charge is 2.33. The smallest absolute Gasteiger partial charge is 0.270 e. The van der Waals surface area contributed by atoms with Crippen molar-refractivity contribution in [3.63, 3.8) is 0 Å². The van der Waals surface area contributed by atoms with Crippen molar-refractivity contribution in [3.8, 4) is 6.07 Å². The molecule has 0 bridgehead atoms. The maximum atomic E-state index is 13.4. The number of nitrogens with zero attached hydrogens (tertiary/aromatic N) is 4. The molecule has 40 heavy (non-hydrogen) atoms. The number of aromatic nitrogens is 1. The van der Waals surface area contributed by atoms with Gasteiger partial charge in [0.05, 0.1) is 4.91 Å². The number of unbranched alkanes of at least 4 members (excludes halogenated alkanes) is 4. The van der Waals surface area contributed by atoms with Gasteiger partial charge in [0.2, 0.25) is 0 Å². The van der Waals surface area contributed by atoms with Gasteiger partial charge in [-0.1, -0.05) is 86.9 Å². The molecule has 6 nitrogen and oxygen atoms in total. The second-order valence-corrected chi connectivity index (χ2v) is 12.4. The average Bonchev–Trinajstić information content (AvgIpc) is 3.23. The van der Waals surface area contributed by atoms with Crippen molar-refractivity contribution in [1.29, 1.82) is 5.26 Å². The van der Waals surface area contributed by atoms with Crippen molar-refractivity contribution >= 4 is 46.1 Å². The van der Waals surface area contributed by atoms with Crippen LogP contribution in [0.3, 0.4) is 0 Å². The molecule has 0 saturated carbocycles. The molecular formula is C32H40N4O2S2. The summed E-state index contributed by atoms with van der Waals surface area (Å²) in [4.78, 5) is 31.3.